The van der Waals surface area contributed by atoms with Gasteiger partial charge in [0, 0.05) is 32.7 Å². The van der Waals surface area contributed by atoms with Crippen LogP contribution in [0, 0.1) is 0 Å². The number of hydrogen-bond donors (Lipinski definition) is 3. The number of likely N-dealkylation sites (N-methyl/N-ethyl adjacent to an activating group) is 1. The highest BCUT2D eigenvalue weighted by Gasteiger charge is 2.31. The van der Waals surface area contributed by atoms with Gasteiger partial charge in [-0.1, -0.05) is 30.3 Å². The van der Waals surface area contributed by atoms with Crippen LogP contribution in [0.3, 0.4) is 0 Å². The van der Waals surface area contributed by atoms with Crippen LogP contribution < -0.4 is 16.0 Å². The zero-order valence-corrected chi connectivity index (χ0v) is 12.3. The van der Waals surface area contributed by atoms with E-state index in [0.717, 1.165) is 5.56 Å². The molecule has 1 atom stereocenters. The summed E-state index contributed by atoms with van der Waals surface area (Å²) >= 11 is 0. The van der Waals surface area contributed by atoms with Crippen LogP contribution in [0.15, 0.2) is 30.3 Å². The number of rotatable bonds is 4. The maximum Gasteiger partial charge on any atom is 0.318 e. The van der Waals surface area contributed by atoms with Gasteiger partial charge in [-0.3, -0.25) is 4.79 Å². The van der Waals surface area contributed by atoms with Crippen molar-refractivity contribution in [1.29, 1.82) is 0 Å². The third-order valence-corrected chi connectivity index (χ3v) is 3.44. The van der Waals surface area contributed by atoms with Gasteiger partial charge in [0.2, 0.25) is 5.91 Å². The number of nitrogens with one attached hydrogen (secondary N) is 3. The Kier molecular flexibility index (Phi) is 5.57. The molecule has 3 N–H and O–H groups in total. The number of nitrogens with zero attached hydrogens (tertiary/aromatic N) is 1. The smallest absolute Gasteiger partial charge is 0.318 e. The van der Waals surface area contributed by atoms with Crippen LogP contribution >= 0.6 is 0 Å². The highest BCUT2D eigenvalue weighted by molar-refractivity contribution is 5.87. The number of hydrogen-bond acceptors (Lipinski definition) is 3. The van der Waals surface area contributed by atoms with E-state index in [9.17, 15) is 9.59 Å². The minimum atomic E-state index is -0.450. The summed E-state index contributed by atoms with van der Waals surface area (Å²) in [4.78, 5) is 25.9. The molecule has 0 saturated carbocycles. The molecule has 1 aromatic carbocycles. The first-order chi connectivity index (χ1) is 10.2. The molecule has 114 valence electrons. The third kappa shape index (κ3) is 4.19. The van der Waals surface area contributed by atoms with E-state index in [0.29, 0.717) is 32.7 Å². The molecule has 3 amide bonds. The van der Waals surface area contributed by atoms with Gasteiger partial charge >= 0.3 is 6.03 Å². The van der Waals surface area contributed by atoms with Crippen molar-refractivity contribution in [2.75, 3.05) is 26.2 Å². The first kappa shape index (κ1) is 15.3. The molecule has 1 unspecified atom stereocenters. The number of piperazine rings is 1. The quantitative estimate of drug-likeness (QED) is 0.747. The van der Waals surface area contributed by atoms with Crippen LogP contribution in [-0.2, 0) is 11.3 Å². The van der Waals surface area contributed by atoms with Crippen molar-refractivity contribution < 1.29 is 9.59 Å². The lowest BCUT2D eigenvalue weighted by atomic mass is 10.2. The van der Waals surface area contributed by atoms with Crippen LogP contribution in [0.1, 0.15) is 12.5 Å². The van der Waals surface area contributed by atoms with E-state index in [2.05, 4.69) is 16.0 Å². The second-order valence-corrected chi connectivity index (χ2v) is 4.95. The molecule has 1 aliphatic rings. The molecule has 1 heterocycles. The lowest BCUT2D eigenvalue weighted by Crippen LogP contribution is -2.61. The van der Waals surface area contributed by atoms with Crippen LogP contribution in [0.2, 0.25) is 0 Å². The summed E-state index contributed by atoms with van der Waals surface area (Å²) in [6, 6.07) is 9.07. The van der Waals surface area contributed by atoms with Crippen LogP contribution in [0.25, 0.3) is 0 Å². The van der Waals surface area contributed by atoms with Crippen molar-refractivity contribution in [3.8, 4) is 0 Å². The first-order valence-corrected chi connectivity index (χ1v) is 7.29. The average molecular weight is 290 g/mol. The second-order valence-electron chi connectivity index (χ2n) is 4.95. The Bertz CT molecular complexity index is 478. The van der Waals surface area contributed by atoms with Crippen LogP contribution in [0.4, 0.5) is 4.79 Å². The van der Waals surface area contributed by atoms with Gasteiger partial charge in [0.25, 0.3) is 0 Å². The molecule has 0 aromatic heterocycles. The van der Waals surface area contributed by atoms with Crippen molar-refractivity contribution in [3.05, 3.63) is 35.9 Å². The molecule has 1 aliphatic heterocycles. The summed E-state index contributed by atoms with van der Waals surface area (Å²) in [5.41, 5.74) is 1.04. The average Bonchev–Trinajstić information content (AvgIpc) is 2.54. The minimum Gasteiger partial charge on any atom is -0.355 e. The molecular formula is C15H22N4O2. The van der Waals surface area contributed by atoms with Crippen molar-refractivity contribution in [3.63, 3.8) is 0 Å². The second kappa shape index (κ2) is 7.64. The molecular weight excluding hydrogens is 268 g/mol. The number of carbonyl (C=O) groups excluding carboxylic acids is 2. The summed E-state index contributed by atoms with van der Waals surface area (Å²) in [6.07, 6.45) is 0. The molecule has 2 rings (SSSR count). The first-order valence-electron chi connectivity index (χ1n) is 7.29. The molecule has 0 radical (unpaired) electrons. The SMILES string of the molecule is CCNC(=O)C1CNCCN1C(=O)NCc1ccccc1. The van der Waals surface area contributed by atoms with Gasteiger partial charge in [-0.05, 0) is 12.5 Å². The Hall–Kier alpha value is -2.08. The minimum absolute atomic E-state index is 0.112. The van der Waals surface area contributed by atoms with Gasteiger partial charge in [-0.25, -0.2) is 4.79 Å². The predicted molar refractivity (Wildman–Crippen MR) is 80.7 cm³/mol. The van der Waals surface area contributed by atoms with Crippen molar-refractivity contribution in [1.82, 2.24) is 20.9 Å². The van der Waals surface area contributed by atoms with Gasteiger partial charge in [0.15, 0.2) is 0 Å². The third-order valence-electron chi connectivity index (χ3n) is 3.44. The zero-order valence-electron chi connectivity index (χ0n) is 12.3. The molecule has 0 aliphatic carbocycles. The molecule has 1 aromatic rings. The van der Waals surface area contributed by atoms with E-state index in [4.69, 9.17) is 0 Å². The fourth-order valence-electron chi connectivity index (χ4n) is 2.35. The van der Waals surface area contributed by atoms with E-state index >= 15 is 0 Å². The van der Waals surface area contributed by atoms with E-state index < -0.39 is 6.04 Å². The summed E-state index contributed by atoms with van der Waals surface area (Å²) in [5.74, 6) is -0.112. The normalized spacial score (nSPS) is 18.1. The molecule has 0 spiro atoms. The van der Waals surface area contributed by atoms with Crippen LogP contribution in [0.5, 0.6) is 0 Å². The molecule has 1 fully saturated rings. The fourth-order valence-corrected chi connectivity index (χ4v) is 2.35. The fraction of sp³-hybridized carbons (Fsp3) is 0.467. The highest BCUT2D eigenvalue weighted by Crippen LogP contribution is 2.05. The maximum absolute atomic E-state index is 12.3. The lowest BCUT2D eigenvalue weighted by molar-refractivity contribution is -0.125. The molecule has 6 nitrogen and oxygen atoms in total. The summed E-state index contributed by atoms with van der Waals surface area (Å²) in [5, 5.41) is 8.80. The van der Waals surface area contributed by atoms with E-state index in [1.165, 1.54) is 0 Å². The topological polar surface area (TPSA) is 73.5 Å². The van der Waals surface area contributed by atoms with Crippen molar-refractivity contribution in [2.24, 2.45) is 0 Å². The molecule has 0 bridgehead atoms. The van der Waals surface area contributed by atoms with E-state index in [1.807, 2.05) is 37.3 Å². The molecule has 1 saturated heterocycles. The zero-order chi connectivity index (χ0) is 15.1. The lowest BCUT2D eigenvalue weighted by Gasteiger charge is -2.35. The molecule has 6 heteroatoms. The Labute approximate surface area is 124 Å². The Morgan fingerprint density at radius 3 is 2.76 bits per heavy atom. The van der Waals surface area contributed by atoms with Crippen molar-refractivity contribution in [2.45, 2.75) is 19.5 Å². The number of urea groups is 1. The van der Waals surface area contributed by atoms with Crippen molar-refractivity contribution >= 4 is 11.9 Å². The highest BCUT2D eigenvalue weighted by atomic mass is 16.2. The Morgan fingerprint density at radius 1 is 1.29 bits per heavy atom. The van der Waals surface area contributed by atoms with Gasteiger partial charge in [-0.2, -0.15) is 0 Å². The number of carbonyl (C=O) groups is 2. The summed E-state index contributed by atoms with van der Waals surface area (Å²) in [7, 11) is 0. The predicted octanol–water partition coefficient (Wildman–Crippen LogP) is 0.306. The monoisotopic (exact) mass is 290 g/mol. The van der Waals surface area contributed by atoms with Gasteiger partial charge < -0.3 is 20.9 Å². The summed E-state index contributed by atoms with van der Waals surface area (Å²) < 4.78 is 0. The standard InChI is InChI=1S/C15H22N4O2/c1-2-17-14(20)13-11-16-8-9-19(13)15(21)18-10-12-6-4-3-5-7-12/h3-7,13,16H,2,8-11H2,1H3,(H,17,20)(H,18,21). The van der Waals surface area contributed by atoms with Gasteiger partial charge in [0.05, 0.1) is 0 Å². The number of benzene rings is 1. The Morgan fingerprint density at radius 2 is 2.05 bits per heavy atom. The van der Waals surface area contributed by atoms with E-state index in [1.54, 1.807) is 4.90 Å². The largest absolute Gasteiger partial charge is 0.355 e. The van der Waals surface area contributed by atoms with Gasteiger partial charge in [-0.15, -0.1) is 0 Å². The van der Waals surface area contributed by atoms with Crippen LogP contribution in [-0.4, -0.2) is 49.1 Å². The number of amides is 3. The maximum atomic E-state index is 12.3. The molecule has 21 heavy (non-hydrogen) atoms. The Balaban J connectivity index is 1.93. The van der Waals surface area contributed by atoms with Gasteiger partial charge in [0.1, 0.15) is 6.04 Å². The summed E-state index contributed by atoms with van der Waals surface area (Å²) in [6.45, 7) is 4.62. The van der Waals surface area contributed by atoms with E-state index in [-0.39, 0.29) is 11.9 Å².